The lowest BCUT2D eigenvalue weighted by Crippen LogP contribution is -2.52. The molecule has 1 aromatic rings. The molecule has 1 aromatic heterocycles. The minimum Gasteiger partial charge on any atom is -0.481 e. The number of aromatic nitrogens is 1. The molecule has 3 aliphatic rings. The highest BCUT2D eigenvalue weighted by Crippen LogP contribution is 2.30. The van der Waals surface area contributed by atoms with E-state index in [0.29, 0.717) is 11.9 Å². The first kappa shape index (κ1) is 10.8. The number of hydrogen-bond donors (Lipinski definition) is 1. The maximum atomic E-state index is 5.08. The zero-order valence-electron chi connectivity index (χ0n) is 10.1. The van der Waals surface area contributed by atoms with Crippen molar-refractivity contribution >= 4 is 5.57 Å². The number of pyridine rings is 1. The van der Waals surface area contributed by atoms with Crippen LogP contribution in [-0.2, 0) is 0 Å². The summed E-state index contributed by atoms with van der Waals surface area (Å²) < 4.78 is 5.08. The Hall–Kier alpha value is -1.35. The number of allylic oxidation sites excluding steroid dienone is 1. The van der Waals surface area contributed by atoms with Crippen LogP contribution in [-0.4, -0.2) is 24.2 Å². The number of fused-ring (bicyclic) bond motifs is 3. The molecule has 2 aliphatic heterocycles. The highest BCUT2D eigenvalue weighted by atomic mass is 16.5. The fourth-order valence-corrected chi connectivity index (χ4v) is 2.69. The molecule has 3 heteroatoms. The standard InChI is InChI=1S/C14H18N2O/c1-17-14-7-4-11(9-15-14)10-2-5-12-8-13(16-12)6-3-10/h2,4,7,9,12-13,16H,3,5-6,8H2,1H3. The van der Waals surface area contributed by atoms with Gasteiger partial charge in [-0.1, -0.05) is 6.08 Å². The Balaban J connectivity index is 1.79. The van der Waals surface area contributed by atoms with Crippen molar-refractivity contribution in [1.29, 1.82) is 0 Å². The fourth-order valence-electron chi connectivity index (χ4n) is 2.69. The van der Waals surface area contributed by atoms with Crippen molar-refractivity contribution in [3.05, 3.63) is 30.0 Å². The zero-order chi connectivity index (χ0) is 11.7. The van der Waals surface area contributed by atoms with Gasteiger partial charge in [0.15, 0.2) is 0 Å². The van der Waals surface area contributed by atoms with Gasteiger partial charge in [-0.25, -0.2) is 4.98 Å². The number of methoxy groups -OCH3 is 1. The maximum Gasteiger partial charge on any atom is 0.212 e. The lowest BCUT2D eigenvalue weighted by molar-refractivity contribution is 0.251. The van der Waals surface area contributed by atoms with E-state index in [0.717, 1.165) is 18.9 Å². The monoisotopic (exact) mass is 230 g/mol. The van der Waals surface area contributed by atoms with Crippen molar-refractivity contribution < 1.29 is 4.74 Å². The molecule has 17 heavy (non-hydrogen) atoms. The second-order valence-electron chi connectivity index (χ2n) is 4.89. The molecule has 1 aliphatic carbocycles. The van der Waals surface area contributed by atoms with Crippen molar-refractivity contribution in [2.45, 2.75) is 37.8 Å². The summed E-state index contributed by atoms with van der Waals surface area (Å²) in [5.41, 5.74) is 2.68. The summed E-state index contributed by atoms with van der Waals surface area (Å²) in [7, 11) is 1.65. The Labute approximate surface area is 102 Å². The van der Waals surface area contributed by atoms with E-state index in [1.54, 1.807) is 7.11 Å². The molecule has 3 nitrogen and oxygen atoms in total. The summed E-state index contributed by atoms with van der Waals surface area (Å²) in [4.78, 5) is 4.28. The number of rotatable bonds is 2. The van der Waals surface area contributed by atoms with Crippen molar-refractivity contribution in [1.82, 2.24) is 10.3 Å². The van der Waals surface area contributed by atoms with E-state index < -0.39 is 0 Å². The van der Waals surface area contributed by atoms with Crippen LogP contribution in [0.4, 0.5) is 0 Å². The van der Waals surface area contributed by atoms with Crippen LogP contribution in [0, 0.1) is 0 Å². The molecule has 90 valence electrons. The second-order valence-corrected chi connectivity index (χ2v) is 4.89. The first-order chi connectivity index (χ1) is 8.35. The number of nitrogens with zero attached hydrogens (tertiary/aromatic N) is 1. The van der Waals surface area contributed by atoms with Gasteiger partial charge < -0.3 is 10.1 Å². The van der Waals surface area contributed by atoms with E-state index in [1.807, 2.05) is 12.3 Å². The average molecular weight is 230 g/mol. The van der Waals surface area contributed by atoms with Gasteiger partial charge in [0, 0.05) is 24.3 Å². The van der Waals surface area contributed by atoms with Crippen molar-refractivity contribution in [2.75, 3.05) is 7.11 Å². The summed E-state index contributed by atoms with van der Waals surface area (Å²) >= 11 is 0. The van der Waals surface area contributed by atoms with Crippen LogP contribution in [0.1, 0.15) is 31.2 Å². The van der Waals surface area contributed by atoms with Gasteiger partial charge in [-0.2, -0.15) is 0 Å². The minimum atomic E-state index is 0.685. The molecule has 3 heterocycles. The van der Waals surface area contributed by atoms with Gasteiger partial charge in [-0.15, -0.1) is 0 Å². The van der Waals surface area contributed by atoms with E-state index in [2.05, 4.69) is 22.4 Å². The fraction of sp³-hybridized carbons (Fsp3) is 0.500. The minimum absolute atomic E-state index is 0.685. The van der Waals surface area contributed by atoms with Crippen LogP contribution >= 0.6 is 0 Å². The normalized spacial score (nSPS) is 27.5. The Bertz CT molecular complexity index is 418. The molecule has 2 atom stereocenters. The van der Waals surface area contributed by atoms with Crippen molar-refractivity contribution in [3.63, 3.8) is 0 Å². The molecule has 1 fully saturated rings. The Morgan fingerprint density at radius 3 is 2.94 bits per heavy atom. The van der Waals surface area contributed by atoms with Gasteiger partial charge in [-0.3, -0.25) is 0 Å². The van der Waals surface area contributed by atoms with Gasteiger partial charge >= 0.3 is 0 Å². The Morgan fingerprint density at radius 2 is 2.24 bits per heavy atom. The molecular weight excluding hydrogens is 212 g/mol. The molecule has 2 bridgehead atoms. The first-order valence-corrected chi connectivity index (χ1v) is 6.30. The van der Waals surface area contributed by atoms with Crippen LogP contribution in [0.5, 0.6) is 5.88 Å². The van der Waals surface area contributed by atoms with Crippen LogP contribution in [0.3, 0.4) is 0 Å². The smallest absolute Gasteiger partial charge is 0.212 e. The molecule has 0 radical (unpaired) electrons. The summed E-state index contributed by atoms with van der Waals surface area (Å²) in [5, 5.41) is 3.59. The number of ether oxygens (including phenoxy) is 1. The van der Waals surface area contributed by atoms with E-state index >= 15 is 0 Å². The van der Waals surface area contributed by atoms with E-state index in [9.17, 15) is 0 Å². The lowest BCUT2D eigenvalue weighted by atomic mass is 9.84. The highest BCUT2D eigenvalue weighted by molar-refractivity contribution is 5.65. The molecule has 1 saturated heterocycles. The van der Waals surface area contributed by atoms with Crippen LogP contribution < -0.4 is 10.1 Å². The van der Waals surface area contributed by atoms with E-state index in [4.69, 9.17) is 4.74 Å². The molecular formula is C14H18N2O. The van der Waals surface area contributed by atoms with Gasteiger partial charge in [0.1, 0.15) is 0 Å². The van der Waals surface area contributed by atoms with Crippen LogP contribution in [0.25, 0.3) is 5.57 Å². The third-order valence-corrected chi connectivity index (χ3v) is 3.77. The highest BCUT2D eigenvalue weighted by Gasteiger charge is 2.28. The average Bonchev–Trinajstić information content (AvgIpc) is 2.27. The zero-order valence-corrected chi connectivity index (χ0v) is 10.1. The van der Waals surface area contributed by atoms with Crippen LogP contribution in [0.15, 0.2) is 24.4 Å². The molecule has 4 rings (SSSR count). The molecule has 0 saturated carbocycles. The quantitative estimate of drug-likeness (QED) is 0.847. The van der Waals surface area contributed by atoms with Gasteiger partial charge in [0.2, 0.25) is 5.88 Å². The topological polar surface area (TPSA) is 34.1 Å². The number of nitrogens with one attached hydrogen (secondary N) is 1. The lowest BCUT2D eigenvalue weighted by Gasteiger charge is -2.39. The van der Waals surface area contributed by atoms with E-state index in [-0.39, 0.29) is 0 Å². The summed E-state index contributed by atoms with van der Waals surface area (Å²) in [6.45, 7) is 0. The third kappa shape index (κ3) is 2.20. The molecule has 2 unspecified atom stereocenters. The molecule has 0 amide bonds. The SMILES string of the molecule is COc1ccc(C2=CCC3CC(CC2)N3)cn1. The largest absolute Gasteiger partial charge is 0.481 e. The second kappa shape index (κ2) is 4.49. The van der Waals surface area contributed by atoms with Crippen molar-refractivity contribution in [2.24, 2.45) is 0 Å². The molecule has 0 spiro atoms. The van der Waals surface area contributed by atoms with E-state index in [1.165, 1.54) is 24.0 Å². The summed E-state index contributed by atoms with van der Waals surface area (Å²) in [5.74, 6) is 0.685. The molecule has 0 aromatic carbocycles. The third-order valence-electron chi connectivity index (χ3n) is 3.77. The first-order valence-electron chi connectivity index (χ1n) is 6.30. The summed E-state index contributed by atoms with van der Waals surface area (Å²) in [6.07, 6.45) is 9.19. The molecule has 1 N–H and O–H groups in total. The van der Waals surface area contributed by atoms with Crippen molar-refractivity contribution in [3.8, 4) is 5.88 Å². The predicted molar refractivity (Wildman–Crippen MR) is 67.9 cm³/mol. The van der Waals surface area contributed by atoms with Gasteiger partial charge in [0.05, 0.1) is 7.11 Å². The van der Waals surface area contributed by atoms with Gasteiger partial charge in [0.25, 0.3) is 0 Å². The predicted octanol–water partition coefficient (Wildman–Crippen LogP) is 2.39. The van der Waals surface area contributed by atoms with Crippen LogP contribution in [0.2, 0.25) is 0 Å². The Kier molecular flexibility index (Phi) is 2.85. The van der Waals surface area contributed by atoms with Gasteiger partial charge in [-0.05, 0) is 42.9 Å². The Morgan fingerprint density at radius 1 is 1.35 bits per heavy atom. The maximum absolute atomic E-state index is 5.08. The summed E-state index contributed by atoms with van der Waals surface area (Å²) in [6, 6.07) is 5.50. The number of hydrogen-bond acceptors (Lipinski definition) is 3.